The zero-order chi connectivity index (χ0) is 11.0. The molecular formula is C11H23NO2. The van der Waals surface area contributed by atoms with Crippen molar-refractivity contribution >= 4 is 0 Å². The Balaban J connectivity index is 4.07. The molecule has 1 atom stereocenters. The molecule has 3 nitrogen and oxygen atoms in total. The zero-order valence-electron chi connectivity index (χ0n) is 9.29. The van der Waals surface area contributed by atoms with E-state index in [0.29, 0.717) is 0 Å². The van der Waals surface area contributed by atoms with Crippen LogP contribution in [0.25, 0.3) is 0 Å². The van der Waals surface area contributed by atoms with Gasteiger partial charge in [0, 0.05) is 6.04 Å². The maximum Gasteiger partial charge on any atom is 0.0647 e. The van der Waals surface area contributed by atoms with Crippen LogP contribution in [0, 0.1) is 0 Å². The Bertz CT molecular complexity index is 147. The van der Waals surface area contributed by atoms with Crippen LogP contribution in [0.15, 0.2) is 12.7 Å². The summed E-state index contributed by atoms with van der Waals surface area (Å²) in [7, 11) is 0. The first-order valence-corrected chi connectivity index (χ1v) is 5.24. The first kappa shape index (κ1) is 13.6. The third kappa shape index (κ3) is 4.22. The monoisotopic (exact) mass is 201 g/mol. The van der Waals surface area contributed by atoms with Crippen molar-refractivity contribution in [2.75, 3.05) is 13.2 Å². The van der Waals surface area contributed by atoms with Gasteiger partial charge < -0.3 is 15.5 Å². The van der Waals surface area contributed by atoms with E-state index in [4.69, 9.17) is 0 Å². The second-order valence-electron chi connectivity index (χ2n) is 3.86. The zero-order valence-corrected chi connectivity index (χ0v) is 9.29. The highest BCUT2D eigenvalue weighted by molar-refractivity contribution is 4.88. The quantitative estimate of drug-likeness (QED) is 0.515. The summed E-state index contributed by atoms with van der Waals surface area (Å²) in [5, 5.41) is 21.7. The van der Waals surface area contributed by atoms with Crippen molar-refractivity contribution in [2.45, 2.75) is 44.7 Å². The number of aliphatic hydroxyl groups is 2. The number of aliphatic hydroxyl groups excluding tert-OH is 2. The van der Waals surface area contributed by atoms with E-state index in [1.807, 2.05) is 13.0 Å². The Labute approximate surface area is 86.8 Å². The lowest BCUT2D eigenvalue weighted by Crippen LogP contribution is -2.54. The van der Waals surface area contributed by atoms with Gasteiger partial charge in [0.1, 0.15) is 0 Å². The molecule has 0 aliphatic rings. The van der Waals surface area contributed by atoms with Gasteiger partial charge in [-0.2, -0.15) is 0 Å². The van der Waals surface area contributed by atoms with Crippen molar-refractivity contribution in [1.82, 2.24) is 5.32 Å². The Hall–Kier alpha value is -0.380. The molecular weight excluding hydrogens is 178 g/mol. The SMILES string of the molecule is C=CCCC(C)NC(CC)(CO)CO. The van der Waals surface area contributed by atoms with Crippen LogP contribution in [0.1, 0.15) is 33.1 Å². The summed E-state index contributed by atoms with van der Waals surface area (Å²) in [5.41, 5.74) is -0.527. The summed E-state index contributed by atoms with van der Waals surface area (Å²) in [6.45, 7) is 7.62. The van der Waals surface area contributed by atoms with Crippen LogP contribution >= 0.6 is 0 Å². The molecule has 0 fully saturated rings. The largest absolute Gasteiger partial charge is 0.394 e. The molecule has 3 heteroatoms. The first-order chi connectivity index (χ1) is 6.64. The van der Waals surface area contributed by atoms with Gasteiger partial charge in [-0.05, 0) is 26.2 Å². The summed E-state index contributed by atoms with van der Waals surface area (Å²) in [6.07, 6.45) is 4.53. The molecule has 84 valence electrons. The molecule has 3 N–H and O–H groups in total. The number of hydrogen-bond acceptors (Lipinski definition) is 3. The standard InChI is InChI=1S/C11H23NO2/c1-4-6-7-10(3)12-11(5-2,8-13)9-14/h4,10,12-14H,1,5-9H2,2-3H3. The predicted octanol–water partition coefficient (Wildman–Crippen LogP) is 1.06. The van der Waals surface area contributed by atoms with Crippen LogP contribution in [0.3, 0.4) is 0 Å². The van der Waals surface area contributed by atoms with Crippen molar-refractivity contribution in [3.8, 4) is 0 Å². The van der Waals surface area contributed by atoms with Crippen LogP contribution in [-0.4, -0.2) is 35.0 Å². The molecule has 0 saturated heterocycles. The lowest BCUT2D eigenvalue weighted by molar-refractivity contribution is 0.0785. The molecule has 1 unspecified atom stereocenters. The van der Waals surface area contributed by atoms with Gasteiger partial charge in [-0.3, -0.25) is 0 Å². The minimum Gasteiger partial charge on any atom is -0.394 e. The first-order valence-electron chi connectivity index (χ1n) is 5.24. The molecule has 0 aromatic carbocycles. The summed E-state index contributed by atoms with van der Waals surface area (Å²) >= 11 is 0. The highest BCUT2D eigenvalue weighted by Gasteiger charge is 2.27. The van der Waals surface area contributed by atoms with E-state index in [0.717, 1.165) is 19.3 Å². The Morgan fingerprint density at radius 3 is 2.36 bits per heavy atom. The Kier molecular flexibility index (Phi) is 6.79. The maximum atomic E-state index is 9.21. The summed E-state index contributed by atoms with van der Waals surface area (Å²) in [5.74, 6) is 0. The molecule has 0 aromatic heterocycles. The lowest BCUT2D eigenvalue weighted by Gasteiger charge is -2.33. The third-order valence-corrected chi connectivity index (χ3v) is 2.64. The smallest absolute Gasteiger partial charge is 0.0647 e. The molecule has 0 spiro atoms. The average molecular weight is 201 g/mol. The van der Waals surface area contributed by atoms with E-state index in [9.17, 15) is 10.2 Å². The molecule has 0 rings (SSSR count). The summed E-state index contributed by atoms with van der Waals surface area (Å²) < 4.78 is 0. The molecule has 0 radical (unpaired) electrons. The fourth-order valence-corrected chi connectivity index (χ4v) is 1.43. The van der Waals surface area contributed by atoms with E-state index < -0.39 is 5.54 Å². The van der Waals surface area contributed by atoms with Crippen molar-refractivity contribution in [2.24, 2.45) is 0 Å². The van der Waals surface area contributed by atoms with Gasteiger partial charge in [-0.25, -0.2) is 0 Å². The van der Waals surface area contributed by atoms with Crippen molar-refractivity contribution in [3.63, 3.8) is 0 Å². The van der Waals surface area contributed by atoms with Gasteiger partial charge in [0.05, 0.1) is 18.8 Å². The fourth-order valence-electron chi connectivity index (χ4n) is 1.43. The number of nitrogens with one attached hydrogen (secondary N) is 1. The van der Waals surface area contributed by atoms with Crippen molar-refractivity contribution in [1.29, 1.82) is 0 Å². The van der Waals surface area contributed by atoms with E-state index in [-0.39, 0.29) is 19.3 Å². The van der Waals surface area contributed by atoms with E-state index in [1.54, 1.807) is 0 Å². The van der Waals surface area contributed by atoms with Gasteiger partial charge in [0.25, 0.3) is 0 Å². The number of allylic oxidation sites excluding steroid dienone is 1. The van der Waals surface area contributed by atoms with Crippen molar-refractivity contribution in [3.05, 3.63) is 12.7 Å². The molecule has 14 heavy (non-hydrogen) atoms. The normalized spacial score (nSPS) is 14.0. The van der Waals surface area contributed by atoms with Crippen LogP contribution in [0.2, 0.25) is 0 Å². The van der Waals surface area contributed by atoms with Gasteiger partial charge in [-0.15, -0.1) is 6.58 Å². The Morgan fingerprint density at radius 1 is 1.43 bits per heavy atom. The van der Waals surface area contributed by atoms with Gasteiger partial charge >= 0.3 is 0 Å². The topological polar surface area (TPSA) is 52.5 Å². The van der Waals surface area contributed by atoms with Crippen LogP contribution in [0.4, 0.5) is 0 Å². The summed E-state index contributed by atoms with van der Waals surface area (Å²) in [4.78, 5) is 0. The minimum absolute atomic E-state index is 0.0293. The van der Waals surface area contributed by atoms with E-state index in [2.05, 4.69) is 18.8 Å². The molecule has 0 saturated carbocycles. The summed E-state index contributed by atoms with van der Waals surface area (Å²) in [6, 6.07) is 0.284. The second kappa shape index (κ2) is 6.98. The van der Waals surface area contributed by atoms with Gasteiger partial charge in [0.15, 0.2) is 0 Å². The highest BCUT2D eigenvalue weighted by atomic mass is 16.3. The molecule has 0 amide bonds. The molecule has 0 bridgehead atoms. The van der Waals surface area contributed by atoms with Crippen LogP contribution < -0.4 is 5.32 Å². The van der Waals surface area contributed by atoms with E-state index in [1.165, 1.54) is 0 Å². The predicted molar refractivity (Wildman–Crippen MR) is 59.2 cm³/mol. The molecule has 0 aliphatic carbocycles. The average Bonchev–Trinajstić information content (AvgIpc) is 2.23. The van der Waals surface area contributed by atoms with Crippen LogP contribution in [0.5, 0.6) is 0 Å². The molecule has 0 heterocycles. The maximum absolute atomic E-state index is 9.21. The van der Waals surface area contributed by atoms with Crippen molar-refractivity contribution < 1.29 is 10.2 Å². The molecule has 0 aliphatic heterocycles. The minimum atomic E-state index is -0.527. The van der Waals surface area contributed by atoms with E-state index >= 15 is 0 Å². The van der Waals surface area contributed by atoms with Gasteiger partial charge in [0.2, 0.25) is 0 Å². The number of hydrogen-bond donors (Lipinski definition) is 3. The second-order valence-corrected chi connectivity index (χ2v) is 3.86. The fraction of sp³-hybridized carbons (Fsp3) is 0.818. The Morgan fingerprint density at radius 2 is 2.00 bits per heavy atom. The molecule has 0 aromatic rings. The van der Waals surface area contributed by atoms with Crippen LogP contribution in [-0.2, 0) is 0 Å². The number of rotatable bonds is 8. The lowest BCUT2D eigenvalue weighted by atomic mass is 9.96. The van der Waals surface area contributed by atoms with Gasteiger partial charge in [-0.1, -0.05) is 13.0 Å². The highest BCUT2D eigenvalue weighted by Crippen LogP contribution is 2.11. The third-order valence-electron chi connectivity index (χ3n) is 2.64.